The van der Waals surface area contributed by atoms with E-state index in [0.717, 1.165) is 43.3 Å². The number of unbranched alkanes of at least 4 members (excludes halogenated alkanes) is 2. The second kappa shape index (κ2) is 8.22. The molecule has 0 saturated heterocycles. The molecule has 90 valence electrons. The number of pyridine rings is 1. The van der Waals surface area contributed by atoms with Gasteiger partial charge in [0.2, 0.25) is 0 Å². The second-order valence-electron chi connectivity index (χ2n) is 3.46. The molecular weight excluding hydrogens is 224 g/mol. The molecule has 0 unspecified atom stereocenters. The summed E-state index contributed by atoms with van der Waals surface area (Å²) in [5, 5.41) is 3.28. The zero-order valence-corrected chi connectivity index (χ0v) is 10.5. The maximum atomic E-state index is 5.61. The van der Waals surface area contributed by atoms with Gasteiger partial charge in [0.1, 0.15) is 0 Å². The number of rotatable bonds is 8. The van der Waals surface area contributed by atoms with Crippen molar-refractivity contribution in [3.8, 4) is 5.75 Å². The van der Waals surface area contributed by atoms with Crippen LogP contribution in [0.5, 0.6) is 5.75 Å². The number of ether oxygens (including phenoxy) is 1. The smallest absolute Gasteiger partial charge is 0.168 e. The standard InChI is InChI=1S/C12H19ClN2O/c1-2-16-11-7-6-10-15-12(11)14-9-5-3-4-8-13/h6-7,10H,2-5,8-9H2,1H3,(H,14,15). The summed E-state index contributed by atoms with van der Waals surface area (Å²) in [5.74, 6) is 2.39. The van der Waals surface area contributed by atoms with Crippen molar-refractivity contribution in [3.05, 3.63) is 18.3 Å². The van der Waals surface area contributed by atoms with E-state index >= 15 is 0 Å². The van der Waals surface area contributed by atoms with Gasteiger partial charge in [0.15, 0.2) is 11.6 Å². The fraction of sp³-hybridized carbons (Fsp3) is 0.583. The molecule has 4 heteroatoms. The van der Waals surface area contributed by atoms with Gasteiger partial charge in [-0.15, -0.1) is 11.6 Å². The third-order valence-electron chi connectivity index (χ3n) is 2.17. The van der Waals surface area contributed by atoms with Gasteiger partial charge in [-0.1, -0.05) is 6.42 Å². The molecule has 0 amide bonds. The van der Waals surface area contributed by atoms with Crippen LogP contribution in [0.15, 0.2) is 18.3 Å². The summed E-state index contributed by atoms with van der Waals surface area (Å²) in [4.78, 5) is 4.25. The van der Waals surface area contributed by atoms with Gasteiger partial charge < -0.3 is 10.1 Å². The summed E-state index contributed by atoms with van der Waals surface area (Å²) >= 11 is 5.61. The van der Waals surface area contributed by atoms with E-state index in [2.05, 4.69) is 10.3 Å². The largest absolute Gasteiger partial charge is 0.490 e. The quantitative estimate of drug-likeness (QED) is 0.561. The van der Waals surface area contributed by atoms with Crippen LogP contribution >= 0.6 is 11.6 Å². The third-order valence-corrected chi connectivity index (χ3v) is 2.44. The Morgan fingerprint density at radius 2 is 2.25 bits per heavy atom. The first-order valence-electron chi connectivity index (χ1n) is 5.76. The molecule has 0 spiro atoms. The number of hydrogen-bond donors (Lipinski definition) is 1. The lowest BCUT2D eigenvalue weighted by atomic mass is 10.2. The second-order valence-corrected chi connectivity index (χ2v) is 3.84. The van der Waals surface area contributed by atoms with Crippen LogP contribution in [0.4, 0.5) is 5.82 Å². The van der Waals surface area contributed by atoms with Crippen LogP contribution in [-0.4, -0.2) is 24.0 Å². The molecular formula is C12H19ClN2O. The molecule has 0 aliphatic rings. The Morgan fingerprint density at radius 3 is 3.00 bits per heavy atom. The van der Waals surface area contributed by atoms with Gasteiger partial charge in [-0.2, -0.15) is 0 Å². The van der Waals surface area contributed by atoms with Crippen molar-refractivity contribution in [1.82, 2.24) is 4.98 Å². The first kappa shape index (κ1) is 13.1. The Hall–Kier alpha value is -0.960. The molecule has 0 saturated carbocycles. The van der Waals surface area contributed by atoms with Crippen LogP contribution < -0.4 is 10.1 Å². The highest BCUT2D eigenvalue weighted by molar-refractivity contribution is 6.17. The molecule has 0 aliphatic carbocycles. The van der Waals surface area contributed by atoms with Crippen LogP contribution in [0.3, 0.4) is 0 Å². The van der Waals surface area contributed by atoms with E-state index < -0.39 is 0 Å². The summed E-state index contributed by atoms with van der Waals surface area (Å²) in [5.41, 5.74) is 0. The maximum Gasteiger partial charge on any atom is 0.168 e. The minimum atomic E-state index is 0.659. The van der Waals surface area contributed by atoms with Gasteiger partial charge in [-0.25, -0.2) is 4.98 Å². The summed E-state index contributed by atoms with van der Waals surface area (Å²) in [7, 11) is 0. The van der Waals surface area contributed by atoms with Gasteiger partial charge in [-0.05, 0) is 31.9 Å². The van der Waals surface area contributed by atoms with Crippen LogP contribution in [0.1, 0.15) is 26.2 Å². The predicted molar refractivity (Wildman–Crippen MR) is 68.5 cm³/mol. The van der Waals surface area contributed by atoms with E-state index in [9.17, 15) is 0 Å². The summed E-state index contributed by atoms with van der Waals surface area (Å²) in [6, 6.07) is 3.81. The van der Waals surface area contributed by atoms with E-state index in [-0.39, 0.29) is 0 Å². The number of anilines is 1. The Morgan fingerprint density at radius 1 is 1.38 bits per heavy atom. The summed E-state index contributed by atoms with van der Waals surface area (Å²) in [6.45, 7) is 3.54. The minimum absolute atomic E-state index is 0.659. The lowest BCUT2D eigenvalue weighted by molar-refractivity contribution is 0.340. The Balaban J connectivity index is 2.34. The topological polar surface area (TPSA) is 34.1 Å². The maximum absolute atomic E-state index is 5.61. The van der Waals surface area contributed by atoms with Crippen LogP contribution in [0, 0.1) is 0 Å². The van der Waals surface area contributed by atoms with Crippen LogP contribution in [0.25, 0.3) is 0 Å². The molecule has 0 aromatic carbocycles. The van der Waals surface area contributed by atoms with Crippen molar-refractivity contribution < 1.29 is 4.74 Å². The van der Waals surface area contributed by atoms with Gasteiger partial charge in [0.25, 0.3) is 0 Å². The van der Waals surface area contributed by atoms with Gasteiger partial charge in [-0.3, -0.25) is 0 Å². The fourth-order valence-corrected chi connectivity index (χ4v) is 1.59. The number of halogens is 1. The SMILES string of the molecule is CCOc1cccnc1NCCCCCCl. The lowest BCUT2D eigenvalue weighted by Gasteiger charge is -2.10. The van der Waals surface area contributed by atoms with Gasteiger partial charge in [0.05, 0.1) is 6.61 Å². The minimum Gasteiger partial charge on any atom is -0.490 e. The normalized spacial score (nSPS) is 10.1. The predicted octanol–water partition coefficient (Wildman–Crippen LogP) is 3.30. The average Bonchev–Trinajstić information content (AvgIpc) is 2.31. The van der Waals surface area contributed by atoms with Crippen LogP contribution in [-0.2, 0) is 0 Å². The van der Waals surface area contributed by atoms with Crippen molar-refractivity contribution in [2.24, 2.45) is 0 Å². The average molecular weight is 243 g/mol. The highest BCUT2D eigenvalue weighted by Gasteiger charge is 2.02. The number of hydrogen-bond acceptors (Lipinski definition) is 3. The highest BCUT2D eigenvalue weighted by Crippen LogP contribution is 2.20. The van der Waals surface area contributed by atoms with Gasteiger partial charge >= 0.3 is 0 Å². The Kier molecular flexibility index (Phi) is 6.74. The summed E-state index contributed by atoms with van der Waals surface area (Å²) < 4.78 is 5.47. The number of alkyl halides is 1. The van der Waals surface area contributed by atoms with Gasteiger partial charge in [0, 0.05) is 18.6 Å². The molecule has 0 bridgehead atoms. The van der Waals surface area contributed by atoms with E-state index in [4.69, 9.17) is 16.3 Å². The molecule has 0 fully saturated rings. The van der Waals surface area contributed by atoms with E-state index in [1.165, 1.54) is 0 Å². The van der Waals surface area contributed by atoms with Crippen molar-refractivity contribution in [2.45, 2.75) is 26.2 Å². The molecule has 0 aliphatic heterocycles. The first-order chi connectivity index (χ1) is 7.88. The molecule has 1 aromatic rings. The van der Waals surface area contributed by atoms with Crippen molar-refractivity contribution in [1.29, 1.82) is 0 Å². The van der Waals surface area contributed by atoms with E-state index in [1.807, 2.05) is 19.1 Å². The van der Waals surface area contributed by atoms with Crippen molar-refractivity contribution in [3.63, 3.8) is 0 Å². The van der Waals surface area contributed by atoms with Crippen LogP contribution in [0.2, 0.25) is 0 Å². The number of aromatic nitrogens is 1. The zero-order chi connectivity index (χ0) is 11.6. The molecule has 1 aromatic heterocycles. The molecule has 1 N–H and O–H groups in total. The fourth-order valence-electron chi connectivity index (χ4n) is 1.40. The van der Waals surface area contributed by atoms with Crippen molar-refractivity contribution in [2.75, 3.05) is 24.3 Å². The first-order valence-corrected chi connectivity index (χ1v) is 6.29. The molecule has 0 atom stereocenters. The molecule has 1 heterocycles. The van der Waals surface area contributed by atoms with Crippen molar-refractivity contribution >= 4 is 17.4 Å². The zero-order valence-electron chi connectivity index (χ0n) is 9.71. The Bertz CT molecular complexity index is 294. The molecule has 3 nitrogen and oxygen atoms in total. The number of nitrogens with zero attached hydrogens (tertiary/aromatic N) is 1. The summed E-state index contributed by atoms with van der Waals surface area (Å²) in [6.07, 6.45) is 5.09. The Labute approximate surface area is 102 Å². The van der Waals surface area contributed by atoms with E-state index in [0.29, 0.717) is 6.61 Å². The lowest BCUT2D eigenvalue weighted by Crippen LogP contribution is -2.06. The molecule has 1 rings (SSSR count). The molecule has 16 heavy (non-hydrogen) atoms. The molecule has 0 radical (unpaired) electrons. The third kappa shape index (κ3) is 4.71. The highest BCUT2D eigenvalue weighted by atomic mass is 35.5. The van der Waals surface area contributed by atoms with E-state index in [1.54, 1.807) is 6.20 Å². The monoisotopic (exact) mass is 242 g/mol. The number of nitrogens with one attached hydrogen (secondary N) is 1.